The van der Waals surface area contributed by atoms with E-state index in [0.29, 0.717) is 6.42 Å². The van der Waals surface area contributed by atoms with Gasteiger partial charge in [0.15, 0.2) is 0 Å². The Morgan fingerprint density at radius 3 is 1.41 bits per heavy atom. The third-order valence-electron chi connectivity index (χ3n) is 20.2. The van der Waals surface area contributed by atoms with E-state index < -0.39 is 26.8 Å². The average Bonchev–Trinajstić information content (AvgIpc) is 3.05. The van der Waals surface area contributed by atoms with Crippen molar-refractivity contribution < 1.29 is 0 Å². The molecule has 3 heterocycles. The second-order valence-electron chi connectivity index (χ2n) is 28.1. The van der Waals surface area contributed by atoms with Gasteiger partial charge in [-0.2, -0.15) is 0 Å². The van der Waals surface area contributed by atoms with Gasteiger partial charge >= 0.3 is 469 Å². The van der Waals surface area contributed by atoms with Crippen LogP contribution in [0.15, 0.2) is 88.8 Å². The molecule has 0 saturated carbocycles. The van der Waals surface area contributed by atoms with Gasteiger partial charge in [-0.25, -0.2) is 0 Å². The van der Waals surface area contributed by atoms with E-state index in [-0.39, 0.29) is 33.6 Å². The minimum atomic E-state index is -4.56. The van der Waals surface area contributed by atoms with Gasteiger partial charge in [-0.15, -0.1) is 0 Å². The molecule has 0 saturated heterocycles. The van der Waals surface area contributed by atoms with E-state index >= 15 is 0 Å². The van der Waals surface area contributed by atoms with Crippen LogP contribution in [0.5, 0.6) is 0 Å². The molecule has 1 aliphatic carbocycles. The zero-order valence-corrected chi connectivity index (χ0v) is 55.2. The molecule has 3 aliphatic heterocycles. The second kappa shape index (κ2) is 17.9. The van der Waals surface area contributed by atoms with Crippen molar-refractivity contribution in [1.29, 1.82) is 5.26 Å². The molecule has 0 radical (unpaired) electrons. The summed E-state index contributed by atoms with van der Waals surface area (Å²) in [6.07, 6.45) is 0.463. The zero-order valence-electron chi connectivity index (χ0n) is 51.0. The van der Waals surface area contributed by atoms with E-state index in [0.717, 1.165) is 6.54 Å². The third kappa shape index (κ3) is 7.32. The molecule has 0 N–H and O–H groups in total. The number of nitrogens with zero attached hydrogens (tertiary/aromatic N) is 2. The second-order valence-corrected chi connectivity index (χ2v) is 42.8. The van der Waals surface area contributed by atoms with Crippen molar-refractivity contribution in [2.75, 3.05) is 6.54 Å². The molecule has 0 aromatic heterocycles. The predicted molar refractivity (Wildman–Crippen MR) is 332 cm³/mol. The summed E-state index contributed by atoms with van der Waals surface area (Å²) in [6, 6.07) is 35.2. The van der Waals surface area contributed by atoms with Gasteiger partial charge in [0.2, 0.25) is 0 Å². The number of aryl methyl sites for hydroxylation is 4. The summed E-state index contributed by atoms with van der Waals surface area (Å²) in [6.45, 7) is 57.8. The van der Waals surface area contributed by atoms with Gasteiger partial charge < -0.3 is 0 Å². The zero-order chi connectivity index (χ0) is 55.6. The molecular formula is C72H88Ge2N2. The number of hydrogen-bond acceptors (Lipinski definition) is 2. The van der Waals surface area contributed by atoms with Crippen molar-refractivity contribution in [3.63, 3.8) is 0 Å². The molecule has 6 aromatic carbocycles. The molecule has 4 heteroatoms. The van der Waals surface area contributed by atoms with Crippen LogP contribution in [-0.2, 0) is 21.7 Å². The van der Waals surface area contributed by atoms with E-state index in [1.54, 1.807) is 41.9 Å². The summed E-state index contributed by atoms with van der Waals surface area (Å²) < 4.78 is 15.0. The van der Waals surface area contributed by atoms with Crippen LogP contribution in [0.2, 0.25) is 0 Å². The van der Waals surface area contributed by atoms with Crippen molar-refractivity contribution in [3.05, 3.63) is 195 Å². The first-order valence-electron chi connectivity index (χ1n) is 28.6. The van der Waals surface area contributed by atoms with Gasteiger partial charge in [0.05, 0.1) is 0 Å². The van der Waals surface area contributed by atoms with Crippen LogP contribution in [0.3, 0.4) is 0 Å². The number of rotatable bonds is 5. The van der Waals surface area contributed by atoms with Gasteiger partial charge in [-0.3, -0.25) is 0 Å². The van der Waals surface area contributed by atoms with E-state index in [1.165, 1.54) is 100 Å². The van der Waals surface area contributed by atoms with Crippen LogP contribution in [0.4, 0.5) is 0 Å². The summed E-state index contributed by atoms with van der Waals surface area (Å²) in [5.41, 5.74) is 28.3. The van der Waals surface area contributed by atoms with Gasteiger partial charge in [0, 0.05) is 0 Å². The molecule has 4 aliphatic rings. The maximum atomic E-state index is 11.5. The van der Waals surface area contributed by atoms with E-state index in [9.17, 15) is 5.26 Å². The first-order chi connectivity index (χ1) is 35.3. The molecule has 0 fully saturated rings. The Bertz CT molecular complexity index is 3530. The van der Waals surface area contributed by atoms with Crippen LogP contribution >= 0.6 is 0 Å². The minimum absolute atomic E-state index is 0.00269. The predicted octanol–water partition coefficient (Wildman–Crippen LogP) is 15.1. The summed E-state index contributed by atoms with van der Waals surface area (Å²) in [5, 5.41) is 11.5. The quantitative estimate of drug-likeness (QED) is 0.161. The van der Waals surface area contributed by atoms with Crippen LogP contribution in [-0.4, -0.2) is 43.2 Å². The van der Waals surface area contributed by atoms with Crippen molar-refractivity contribution in [2.45, 2.75) is 199 Å². The van der Waals surface area contributed by atoms with Crippen LogP contribution in [0.1, 0.15) is 194 Å². The summed E-state index contributed by atoms with van der Waals surface area (Å²) >= 11 is -9.03. The average molecular weight is 1130 g/mol. The number of nitriles is 1. The first kappa shape index (κ1) is 54.7. The Morgan fingerprint density at radius 2 is 0.934 bits per heavy atom. The Morgan fingerprint density at radius 1 is 0.513 bits per heavy atom. The van der Waals surface area contributed by atoms with Crippen molar-refractivity contribution in [1.82, 2.24) is 3.86 Å². The van der Waals surface area contributed by atoms with Gasteiger partial charge in [-0.1, -0.05) is 0 Å². The van der Waals surface area contributed by atoms with Crippen LogP contribution in [0.25, 0.3) is 8.81 Å². The van der Waals surface area contributed by atoms with Crippen LogP contribution < -0.4 is 17.6 Å². The Labute approximate surface area is 465 Å². The molecule has 10 rings (SSSR count). The van der Waals surface area contributed by atoms with Crippen LogP contribution in [0, 0.1) is 94.4 Å². The van der Waals surface area contributed by atoms with Crippen molar-refractivity contribution >= 4 is 53.1 Å². The number of hydrogen-bond donors (Lipinski definition) is 0. The standard InChI is InChI=1S/C72H88Ge2N2/c1-40-35-56(69(13,14)15)61(48(9)44(40)5)73(62-49(10)45(6)41(2)36-57(62)70(16,17)18)66-54-32-28-27-31-53(54)55(33-34-75)68-60(66)67(73)65(52-29-25-24-26-30-52)74(63-50(11)46(7)42(3)37-58(63)71(19,20)21)64-51(12)47(8)43(4)38-59(64)72(22,23)39-76(68)74/h24-32,35-38,55,68H,33,39H2,1-23H3. The van der Waals surface area contributed by atoms with E-state index in [1.807, 2.05) is 0 Å². The monoisotopic (exact) mass is 1130 g/mol. The van der Waals surface area contributed by atoms with Crippen molar-refractivity contribution in [3.8, 4) is 6.07 Å². The normalized spacial score (nSPS) is 20.7. The topological polar surface area (TPSA) is 27.0 Å². The Hall–Kier alpha value is -4.66. The fourth-order valence-corrected chi connectivity index (χ4v) is 49.5. The Kier molecular flexibility index (Phi) is 12.9. The molecule has 0 spiro atoms. The first-order valence-corrected chi connectivity index (χ1v) is 36.9. The molecule has 76 heavy (non-hydrogen) atoms. The molecule has 394 valence electrons. The van der Waals surface area contributed by atoms with Gasteiger partial charge in [0.1, 0.15) is 0 Å². The molecule has 3 unspecified atom stereocenters. The molecule has 0 amide bonds. The molecular weight excluding hydrogens is 1040 g/mol. The van der Waals surface area contributed by atoms with Gasteiger partial charge in [-0.05, 0) is 0 Å². The Balaban J connectivity index is 1.69. The van der Waals surface area contributed by atoms with Crippen molar-refractivity contribution in [2.24, 2.45) is 0 Å². The fraction of sp³-hybridized carbons (Fsp3) is 0.431. The number of fused-ring (bicyclic) bond motifs is 6. The summed E-state index contributed by atoms with van der Waals surface area (Å²) in [5.74, 6) is -0.0160. The van der Waals surface area contributed by atoms with E-state index in [2.05, 4.69) is 248 Å². The summed E-state index contributed by atoms with van der Waals surface area (Å²) in [7, 11) is 0. The fourth-order valence-electron chi connectivity index (χ4n) is 15.7. The molecule has 6 aromatic rings. The van der Waals surface area contributed by atoms with E-state index in [4.69, 9.17) is 0 Å². The molecule has 0 bridgehead atoms. The SMILES string of the molecule is Cc1cc(C(C)(C)C)[c]([Ge]2([c]3c(C(C)(C)C)cc(C)c(C)c3C)[C]3=[C](c4ccccc4)[Ge]4([c]5c(C(C)(C)C)cc(C)c(C)c5C)[c]5c(cc(C)c(C)c5C)C(C)(C)C[N]4C4C3=[C]2c2ccccc2C4CC#N)c(C)c1C. The molecule has 2 nitrogen and oxygen atoms in total. The maximum absolute atomic E-state index is 11.5. The third-order valence-corrected chi connectivity index (χ3v) is 43.6. The molecule has 3 atom stereocenters. The number of benzene rings is 6. The van der Waals surface area contributed by atoms with Gasteiger partial charge in [0.25, 0.3) is 0 Å². The summed E-state index contributed by atoms with van der Waals surface area (Å²) in [4.78, 5) is 0.